The molecule has 3 aromatic rings. The maximum absolute atomic E-state index is 12.7. The number of benzene rings is 2. The standard InChI is InChI=1S/C25H25NO6/c1-16-11-21(22(28)15-31-25(29)19-9-7-18(13-27)8-10-19)17(2)26(16)12-20-14-30-23-5-3-4-6-24(23)32-20/h3-11,20,27H,12-15H2,1-2H3/t20-/m1/s1. The average Bonchev–Trinajstić information content (AvgIpc) is 3.10. The van der Waals surface area contributed by atoms with Gasteiger partial charge in [-0.25, -0.2) is 4.79 Å². The number of esters is 1. The molecule has 1 aliphatic heterocycles. The van der Waals surface area contributed by atoms with Gasteiger partial charge in [0.1, 0.15) is 6.61 Å². The molecule has 0 fully saturated rings. The van der Waals surface area contributed by atoms with E-state index in [9.17, 15) is 9.59 Å². The first-order valence-electron chi connectivity index (χ1n) is 10.4. The van der Waals surface area contributed by atoms with Crippen LogP contribution in [0, 0.1) is 13.8 Å². The van der Waals surface area contributed by atoms with Crippen LogP contribution in [-0.2, 0) is 17.9 Å². The highest BCUT2D eigenvalue weighted by Crippen LogP contribution is 2.31. The van der Waals surface area contributed by atoms with Gasteiger partial charge in [-0.1, -0.05) is 24.3 Å². The first-order chi connectivity index (χ1) is 15.5. The van der Waals surface area contributed by atoms with Crippen LogP contribution in [0.5, 0.6) is 11.5 Å². The molecule has 4 rings (SSSR count). The zero-order valence-corrected chi connectivity index (χ0v) is 18.0. The van der Waals surface area contributed by atoms with E-state index in [-0.39, 0.29) is 25.1 Å². The fourth-order valence-corrected chi connectivity index (χ4v) is 3.76. The maximum Gasteiger partial charge on any atom is 0.338 e. The molecule has 7 heteroatoms. The molecule has 7 nitrogen and oxygen atoms in total. The van der Waals surface area contributed by atoms with Crippen LogP contribution in [-0.4, -0.2) is 40.7 Å². The molecule has 0 aliphatic carbocycles. The van der Waals surface area contributed by atoms with Crippen LogP contribution in [0.2, 0.25) is 0 Å². The number of carbonyl (C=O) groups excluding carboxylic acids is 2. The molecule has 1 aromatic heterocycles. The van der Waals surface area contributed by atoms with Crippen LogP contribution >= 0.6 is 0 Å². The van der Waals surface area contributed by atoms with E-state index >= 15 is 0 Å². The summed E-state index contributed by atoms with van der Waals surface area (Å²) in [5.74, 6) is 0.591. The smallest absolute Gasteiger partial charge is 0.338 e. The van der Waals surface area contributed by atoms with E-state index in [1.54, 1.807) is 30.3 Å². The molecule has 0 unspecified atom stereocenters. The van der Waals surface area contributed by atoms with E-state index in [0.29, 0.717) is 35.6 Å². The Hall–Kier alpha value is -3.58. The summed E-state index contributed by atoms with van der Waals surface area (Å²) in [6.07, 6.45) is -0.183. The second-order valence-electron chi connectivity index (χ2n) is 7.75. The highest BCUT2D eigenvalue weighted by molar-refractivity contribution is 6.00. The van der Waals surface area contributed by atoms with Gasteiger partial charge in [0.15, 0.2) is 24.2 Å². The number of aliphatic hydroxyl groups excluding tert-OH is 1. The zero-order chi connectivity index (χ0) is 22.7. The molecule has 2 heterocycles. The molecular formula is C25H25NO6. The summed E-state index contributed by atoms with van der Waals surface area (Å²) in [7, 11) is 0. The first kappa shape index (κ1) is 21.6. The van der Waals surface area contributed by atoms with Crippen LogP contribution in [0.25, 0.3) is 0 Å². The molecule has 0 bridgehead atoms. The summed E-state index contributed by atoms with van der Waals surface area (Å²) < 4.78 is 19.1. The predicted octanol–water partition coefficient (Wildman–Crippen LogP) is 3.48. The van der Waals surface area contributed by atoms with Crippen LogP contribution in [0.4, 0.5) is 0 Å². The molecular weight excluding hydrogens is 410 g/mol. The normalized spacial score (nSPS) is 14.8. The SMILES string of the molecule is Cc1cc(C(=O)COC(=O)c2ccc(CO)cc2)c(C)n1C[C@@H]1COc2ccccc2O1. The Morgan fingerprint density at radius 3 is 2.53 bits per heavy atom. The minimum absolute atomic E-state index is 0.103. The van der Waals surface area contributed by atoms with Gasteiger partial charge in [-0.3, -0.25) is 4.79 Å². The topological polar surface area (TPSA) is 87.0 Å². The summed E-state index contributed by atoms with van der Waals surface area (Å²) in [6.45, 7) is 4.30. The minimum Gasteiger partial charge on any atom is -0.486 e. The van der Waals surface area contributed by atoms with Crippen LogP contribution < -0.4 is 9.47 Å². The molecule has 166 valence electrons. The highest BCUT2D eigenvalue weighted by atomic mass is 16.6. The van der Waals surface area contributed by atoms with Crippen molar-refractivity contribution >= 4 is 11.8 Å². The van der Waals surface area contributed by atoms with Crippen molar-refractivity contribution in [1.82, 2.24) is 4.57 Å². The Bertz CT molecular complexity index is 1130. The fraction of sp³-hybridized carbons (Fsp3) is 0.280. The number of aromatic nitrogens is 1. The molecule has 0 spiro atoms. The molecule has 0 radical (unpaired) electrons. The number of hydrogen-bond acceptors (Lipinski definition) is 6. The monoisotopic (exact) mass is 435 g/mol. The minimum atomic E-state index is -0.580. The van der Waals surface area contributed by atoms with E-state index in [0.717, 1.165) is 17.1 Å². The second kappa shape index (κ2) is 9.28. The number of aliphatic hydroxyl groups is 1. The second-order valence-corrected chi connectivity index (χ2v) is 7.75. The van der Waals surface area contributed by atoms with Gasteiger partial charge in [-0.15, -0.1) is 0 Å². The van der Waals surface area contributed by atoms with Crippen molar-refractivity contribution in [1.29, 1.82) is 0 Å². The average molecular weight is 435 g/mol. The number of rotatable bonds is 7. The van der Waals surface area contributed by atoms with Gasteiger partial charge in [0, 0.05) is 17.0 Å². The van der Waals surface area contributed by atoms with Crippen LogP contribution in [0.3, 0.4) is 0 Å². The van der Waals surface area contributed by atoms with E-state index in [4.69, 9.17) is 19.3 Å². The molecule has 1 N–H and O–H groups in total. The Morgan fingerprint density at radius 2 is 1.81 bits per heavy atom. The Labute approximate surface area is 186 Å². The van der Waals surface area contributed by atoms with Crippen molar-refractivity contribution in [2.75, 3.05) is 13.2 Å². The summed E-state index contributed by atoms with van der Waals surface area (Å²) in [4.78, 5) is 25.0. The maximum atomic E-state index is 12.7. The van der Waals surface area contributed by atoms with Crippen molar-refractivity contribution in [3.8, 4) is 11.5 Å². The lowest BCUT2D eigenvalue weighted by Crippen LogP contribution is -2.33. The fourth-order valence-electron chi connectivity index (χ4n) is 3.76. The van der Waals surface area contributed by atoms with Crippen LogP contribution in [0.15, 0.2) is 54.6 Å². The number of Topliss-reactive ketones (excluding diaryl/α,β-unsaturated/α-hetero) is 1. The van der Waals surface area contributed by atoms with Crippen molar-refractivity contribution in [3.05, 3.63) is 82.7 Å². The number of nitrogens with zero attached hydrogens (tertiary/aromatic N) is 1. The Morgan fingerprint density at radius 1 is 1.09 bits per heavy atom. The van der Waals surface area contributed by atoms with E-state index in [2.05, 4.69) is 0 Å². The molecule has 1 aliphatic rings. The van der Waals surface area contributed by atoms with Crippen LogP contribution in [0.1, 0.15) is 37.7 Å². The van der Waals surface area contributed by atoms with Gasteiger partial charge in [0.25, 0.3) is 0 Å². The molecule has 0 amide bonds. The Kier molecular flexibility index (Phi) is 6.28. The number of hydrogen-bond donors (Lipinski definition) is 1. The molecule has 2 aromatic carbocycles. The number of ether oxygens (including phenoxy) is 3. The van der Waals surface area contributed by atoms with Gasteiger partial charge in [-0.2, -0.15) is 0 Å². The van der Waals surface area contributed by atoms with E-state index in [1.807, 2.05) is 42.7 Å². The quantitative estimate of drug-likeness (QED) is 0.452. The highest BCUT2D eigenvalue weighted by Gasteiger charge is 2.24. The third-order valence-corrected chi connectivity index (χ3v) is 5.53. The molecule has 0 saturated carbocycles. The third-order valence-electron chi connectivity index (χ3n) is 5.53. The van der Waals surface area contributed by atoms with Crippen molar-refractivity contribution < 1.29 is 28.9 Å². The van der Waals surface area contributed by atoms with Crippen molar-refractivity contribution in [2.45, 2.75) is 33.1 Å². The lowest BCUT2D eigenvalue weighted by molar-refractivity contribution is 0.0474. The summed E-state index contributed by atoms with van der Waals surface area (Å²) in [6, 6.07) is 15.8. The van der Waals surface area contributed by atoms with Gasteiger partial charge in [-0.05, 0) is 49.7 Å². The number of aryl methyl sites for hydroxylation is 1. The largest absolute Gasteiger partial charge is 0.486 e. The Balaban J connectivity index is 1.39. The zero-order valence-electron chi connectivity index (χ0n) is 18.0. The van der Waals surface area contributed by atoms with Gasteiger partial charge in [0.2, 0.25) is 5.78 Å². The summed E-state index contributed by atoms with van der Waals surface area (Å²) >= 11 is 0. The molecule has 32 heavy (non-hydrogen) atoms. The number of ketones is 1. The van der Waals surface area contributed by atoms with Crippen molar-refractivity contribution in [3.63, 3.8) is 0 Å². The summed E-state index contributed by atoms with van der Waals surface area (Å²) in [5, 5.41) is 9.09. The third kappa shape index (κ3) is 4.53. The van der Waals surface area contributed by atoms with E-state index in [1.165, 1.54) is 0 Å². The summed E-state index contributed by atoms with van der Waals surface area (Å²) in [5.41, 5.74) is 3.25. The van der Waals surface area contributed by atoms with Gasteiger partial charge >= 0.3 is 5.97 Å². The van der Waals surface area contributed by atoms with E-state index < -0.39 is 5.97 Å². The predicted molar refractivity (Wildman–Crippen MR) is 117 cm³/mol. The number of fused-ring (bicyclic) bond motifs is 1. The number of carbonyl (C=O) groups is 2. The first-order valence-corrected chi connectivity index (χ1v) is 10.4. The van der Waals surface area contributed by atoms with Crippen molar-refractivity contribution in [2.24, 2.45) is 0 Å². The lowest BCUT2D eigenvalue weighted by atomic mass is 10.1. The molecule has 1 atom stereocenters. The number of para-hydroxylation sites is 2. The molecule has 0 saturated heterocycles. The van der Waals surface area contributed by atoms with Gasteiger partial charge in [0.05, 0.1) is 18.7 Å². The van der Waals surface area contributed by atoms with Gasteiger partial charge < -0.3 is 23.9 Å². The lowest BCUT2D eigenvalue weighted by Gasteiger charge is -2.27.